The van der Waals surface area contributed by atoms with Crippen LogP contribution >= 0.6 is 43.2 Å². The van der Waals surface area contributed by atoms with Crippen molar-refractivity contribution in [2.75, 3.05) is 0 Å². The highest BCUT2D eigenvalue weighted by molar-refractivity contribution is 9.11. The summed E-state index contributed by atoms with van der Waals surface area (Å²) in [6, 6.07) is 12.4. The number of rotatable bonds is 1. The van der Waals surface area contributed by atoms with Gasteiger partial charge in [-0.2, -0.15) is 0 Å². The van der Waals surface area contributed by atoms with Crippen LogP contribution in [-0.4, -0.2) is 4.98 Å². The van der Waals surface area contributed by atoms with E-state index in [1.165, 1.54) is 15.8 Å². The SMILES string of the molecule is Cc1c(Br)c(-c2ccc(Br)s2)nc2ccccc12. The van der Waals surface area contributed by atoms with Crippen molar-refractivity contribution in [2.24, 2.45) is 0 Å². The van der Waals surface area contributed by atoms with Gasteiger partial charge in [-0.05, 0) is 62.5 Å². The van der Waals surface area contributed by atoms with E-state index in [2.05, 4.69) is 63.0 Å². The lowest BCUT2D eigenvalue weighted by molar-refractivity contribution is 1.35. The topological polar surface area (TPSA) is 12.9 Å². The van der Waals surface area contributed by atoms with Gasteiger partial charge >= 0.3 is 0 Å². The van der Waals surface area contributed by atoms with Crippen molar-refractivity contribution in [3.63, 3.8) is 0 Å². The highest BCUT2D eigenvalue weighted by Gasteiger charge is 2.12. The van der Waals surface area contributed by atoms with Gasteiger partial charge in [0.1, 0.15) is 0 Å². The zero-order valence-corrected chi connectivity index (χ0v) is 13.6. The Morgan fingerprint density at radius 2 is 1.83 bits per heavy atom. The maximum absolute atomic E-state index is 4.76. The molecule has 0 N–H and O–H groups in total. The molecule has 0 aliphatic heterocycles. The molecule has 2 aromatic heterocycles. The summed E-state index contributed by atoms with van der Waals surface area (Å²) in [6.45, 7) is 2.13. The molecule has 3 aromatic rings. The molecule has 1 nitrogen and oxygen atoms in total. The predicted octanol–water partition coefficient (Wildman–Crippen LogP) is 5.80. The molecule has 0 amide bonds. The number of halogens is 2. The number of aryl methyl sites for hydroxylation is 1. The molecule has 4 heteroatoms. The standard InChI is InChI=1S/C14H9Br2NS/c1-8-9-4-2-3-5-10(9)17-14(13(8)16)11-6-7-12(15)18-11/h2-7H,1H3. The third-order valence-electron chi connectivity index (χ3n) is 2.88. The minimum Gasteiger partial charge on any atom is -0.246 e. The van der Waals surface area contributed by atoms with Gasteiger partial charge in [-0.15, -0.1) is 11.3 Å². The average molecular weight is 383 g/mol. The summed E-state index contributed by atoms with van der Waals surface area (Å²) in [5.41, 5.74) is 3.29. The van der Waals surface area contributed by atoms with E-state index in [1.54, 1.807) is 11.3 Å². The zero-order valence-electron chi connectivity index (χ0n) is 9.58. The van der Waals surface area contributed by atoms with E-state index in [0.29, 0.717) is 0 Å². The molecule has 0 aliphatic rings. The van der Waals surface area contributed by atoms with Crippen molar-refractivity contribution in [3.05, 3.63) is 50.2 Å². The van der Waals surface area contributed by atoms with Crippen LogP contribution in [0, 0.1) is 6.92 Å². The normalized spacial score (nSPS) is 11.1. The highest BCUT2D eigenvalue weighted by atomic mass is 79.9. The first-order valence-electron chi connectivity index (χ1n) is 5.47. The van der Waals surface area contributed by atoms with Gasteiger partial charge in [0.25, 0.3) is 0 Å². The van der Waals surface area contributed by atoms with Crippen LogP contribution in [-0.2, 0) is 0 Å². The number of thiophene rings is 1. The number of para-hydroxylation sites is 1. The molecular weight excluding hydrogens is 374 g/mol. The molecule has 0 fully saturated rings. The van der Waals surface area contributed by atoms with Crippen LogP contribution in [0.2, 0.25) is 0 Å². The summed E-state index contributed by atoms with van der Waals surface area (Å²) in [6.07, 6.45) is 0. The molecule has 3 rings (SSSR count). The van der Waals surface area contributed by atoms with Gasteiger partial charge in [-0.1, -0.05) is 18.2 Å². The maximum Gasteiger partial charge on any atom is 0.0954 e. The Labute approximate surface area is 126 Å². The van der Waals surface area contributed by atoms with Crippen molar-refractivity contribution in [1.82, 2.24) is 4.98 Å². The van der Waals surface area contributed by atoms with Crippen LogP contribution in [0.3, 0.4) is 0 Å². The number of nitrogens with zero attached hydrogens (tertiary/aromatic N) is 1. The van der Waals surface area contributed by atoms with E-state index >= 15 is 0 Å². The van der Waals surface area contributed by atoms with Crippen LogP contribution in [0.25, 0.3) is 21.5 Å². The van der Waals surface area contributed by atoms with Crippen molar-refractivity contribution in [3.8, 4) is 10.6 Å². The lowest BCUT2D eigenvalue weighted by atomic mass is 10.1. The number of pyridine rings is 1. The Bertz CT molecular complexity index is 734. The third kappa shape index (κ3) is 2.02. The lowest BCUT2D eigenvalue weighted by Crippen LogP contribution is -1.90. The molecule has 0 aliphatic carbocycles. The molecule has 0 radical (unpaired) electrons. The second-order valence-corrected chi connectivity index (χ2v) is 7.28. The molecule has 90 valence electrons. The largest absolute Gasteiger partial charge is 0.246 e. The minimum atomic E-state index is 1.02. The fraction of sp³-hybridized carbons (Fsp3) is 0.0714. The molecule has 0 saturated carbocycles. The van der Waals surface area contributed by atoms with E-state index in [-0.39, 0.29) is 0 Å². The Morgan fingerprint density at radius 3 is 2.56 bits per heavy atom. The number of hydrogen-bond donors (Lipinski definition) is 0. The fourth-order valence-electron chi connectivity index (χ4n) is 1.96. The van der Waals surface area contributed by atoms with Gasteiger partial charge < -0.3 is 0 Å². The summed E-state index contributed by atoms with van der Waals surface area (Å²) < 4.78 is 2.20. The van der Waals surface area contributed by atoms with Crippen molar-refractivity contribution in [1.29, 1.82) is 0 Å². The first-order chi connectivity index (χ1) is 8.66. The van der Waals surface area contributed by atoms with Crippen LogP contribution in [0.15, 0.2) is 44.7 Å². The Balaban J connectivity index is 2.33. The third-order valence-corrected chi connectivity index (χ3v) is 5.48. The van der Waals surface area contributed by atoms with Gasteiger partial charge in [0, 0.05) is 9.86 Å². The Hall–Kier alpha value is -0.710. The van der Waals surface area contributed by atoms with Crippen molar-refractivity contribution >= 4 is 54.1 Å². The number of aromatic nitrogens is 1. The lowest BCUT2D eigenvalue weighted by Gasteiger charge is -2.08. The summed E-state index contributed by atoms with van der Waals surface area (Å²) in [4.78, 5) is 5.93. The number of hydrogen-bond acceptors (Lipinski definition) is 2. The van der Waals surface area contributed by atoms with Gasteiger partial charge in [-0.25, -0.2) is 4.98 Å². The molecule has 1 aromatic carbocycles. The molecule has 2 heterocycles. The van der Waals surface area contributed by atoms with Crippen LogP contribution < -0.4 is 0 Å². The van der Waals surface area contributed by atoms with Crippen molar-refractivity contribution < 1.29 is 0 Å². The number of benzene rings is 1. The van der Waals surface area contributed by atoms with Crippen molar-refractivity contribution in [2.45, 2.75) is 6.92 Å². The van der Waals surface area contributed by atoms with E-state index in [4.69, 9.17) is 4.98 Å². The average Bonchev–Trinajstić information content (AvgIpc) is 2.80. The first kappa shape index (κ1) is 12.3. The molecular formula is C14H9Br2NS. The molecule has 0 atom stereocenters. The van der Waals surface area contributed by atoms with Gasteiger partial charge in [0.15, 0.2) is 0 Å². The predicted molar refractivity (Wildman–Crippen MR) is 85.2 cm³/mol. The second-order valence-electron chi connectivity index (χ2n) is 4.02. The molecule has 0 bridgehead atoms. The summed E-state index contributed by atoms with van der Waals surface area (Å²) in [5.74, 6) is 0. The zero-order chi connectivity index (χ0) is 12.7. The van der Waals surface area contributed by atoms with Gasteiger partial charge in [0.05, 0.1) is 19.9 Å². The van der Waals surface area contributed by atoms with Gasteiger partial charge in [-0.3, -0.25) is 0 Å². The summed E-state index contributed by atoms with van der Waals surface area (Å²) in [5, 5.41) is 1.20. The molecule has 18 heavy (non-hydrogen) atoms. The monoisotopic (exact) mass is 381 g/mol. The molecule has 0 saturated heterocycles. The summed E-state index contributed by atoms with van der Waals surface area (Å²) >= 11 is 8.87. The van der Waals surface area contributed by atoms with Crippen LogP contribution in [0.5, 0.6) is 0 Å². The van der Waals surface area contributed by atoms with E-state index in [0.717, 1.165) is 19.5 Å². The first-order valence-corrected chi connectivity index (χ1v) is 7.87. The van der Waals surface area contributed by atoms with Crippen LogP contribution in [0.1, 0.15) is 5.56 Å². The smallest absolute Gasteiger partial charge is 0.0954 e. The fourth-order valence-corrected chi connectivity index (χ4v) is 3.99. The number of fused-ring (bicyclic) bond motifs is 1. The highest BCUT2D eigenvalue weighted by Crippen LogP contribution is 2.37. The quantitative estimate of drug-likeness (QED) is 0.518. The van der Waals surface area contributed by atoms with E-state index < -0.39 is 0 Å². The van der Waals surface area contributed by atoms with E-state index in [1.807, 2.05) is 12.1 Å². The summed E-state index contributed by atoms with van der Waals surface area (Å²) in [7, 11) is 0. The van der Waals surface area contributed by atoms with Crippen LogP contribution in [0.4, 0.5) is 0 Å². The molecule has 0 unspecified atom stereocenters. The molecule has 0 spiro atoms. The maximum atomic E-state index is 4.76. The van der Waals surface area contributed by atoms with E-state index in [9.17, 15) is 0 Å². The second kappa shape index (κ2) is 4.76. The minimum absolute atomic E-state index is 1.02. The Kier molecular flexibility index (Phi) is 3.26. The van der Waals surface area contributed by atoms with Gasteiger partial charge in [0.2, 0.25) is 0 Å². The Morgan fingerprint density at radius 1 is 1.06 bits per heavy atom.